The van der Waals surface area contributed by atoms with Crippen LogP contribution in [0, 0.1) is 0 Å². The van der Waals surface area contributed by atoms with Crippen LogP contribution in [0.4, 0.5) is 9.59 Å². The Balaban J connectivity index is 1.25. The highest BCUT2D eigenvalue weighted by Gasteiger charge is 2.51. The number of carbonyl (C=O) groups is 3. The summed E-state index contributed by atoms with van der Waals surface area (Å²) < 4.78 is 17.3. The van der Waals surface area contributed by atoms with Crippen LogP contribution >= 0.6 is 0 Å². The second kappa shape index (κ2) is 11.9. The number of aromatic hydroxyl groups is 1. The Morgan fingerprint density at radius 3 is 1.96 bits per heavy atom. The number of imide groups is 1. The van der Waals surface area contributed by atoms with E-state index in [0.717, 1.165) is 32.7 Å². The van der Waals surface area contributed by atoms with Gasteiger partial charge in [0, 0.05) is 29.2 Å². The molecule has 1 heterocycles. The third kappa shape index (κ3) is 5.24. The van der Waals surface area contributed by atoms with Crippen molar-refractivity contribution in [3.8, 4) is 17.2 Å². The van der Waals surface area contributed by atoms with Gasteiger partial charge in [-0.3, -0.25) is 4.79 Å². The quantitative estimate of drug-likeness (QED) is 0.208. The second-order valence-corrected chi connectivity index (χ2v) is 11.3. The zero-order valence-corrected chi connectivity index (χ0v) is 24.7. The number of hydrogen-bond acceptors (Lipinski definition) is 7. The van der Waals surface area contributed by atoms with Crippen LogP contribution in [0.15, 0.2) is 121 Å². The standard InChI is InChI=1S/C38H29NO7/c40-28-16-18-31-35(20-28)46-34-14-8-7-13-30(34)38(31)21-33(41)29-17-15-27(19-32(29)38)22-39(36(42)44-23-25-9-3-1-4-10-25)37(43)45-24-26-11-5-2-6-12-26/h1-20,40H,21-24H2. The number of para-hydroxylation sites is 1. The highest BCUT2D eigenvalue weighted by Crippen LogP contribution is 2.57. The number of phenolic OH excluding ortho intramolecular Hbond substituents is 1. The van der Waals surface area contributed by atoms with Crippen molar-refractivity contribution in [2.24, 2.45) is 0 Å². The first kappa shape index (κ1) is 28.9. The van der Waals surface area contributed by atoms with Crippen molar-refractivity contribution in [1.29, 1.82) is 0 Å². The molecular formula is C38H29NO7. The predicted octanol–water partition coefficient (Wildman–Crippen LogP) is 7.89. The van der Waals surface area contributed by atoms with Gasteiger partial charge in [-0.05, 0) is 34.4 Å². The third-order valence-electron chi connectivity index (χ3n) is 8.45. The molecule has 0 saturated heterocycles. The summed E-state index contributed by atoms with van der Waals surface area (Å²) in [6, 6.07) is 36.2. The normalized spacial score (nSPS) is 15.7. The molecule has 228 valence electrons. The first-order valence-corrected chi connectivity index (χ1v) is 14.9. The molecule has 8 heteroatoms. The molecule has 7 rings (SSSR count). The fraction of sp³-hybridized carbons (Fsp3) is 0.132. The van der Waals surface area contributed by atoms with Gasteiger partial charge in [-0.2, -0.15) is 0 Å². The molecule has 1 unspecified atom stereocenters. The van der Waals surface area contributed by atoms with E-state index >= 15 is 0 Å². The number of carbonyl (C=O) groups excluding carboxylic acids is 3. The van der Waals surface area contributed by atoms with Crippen molar-refractivity contribution in [3.05, 3.63) is 160 Å². The predicted molar refractivity (Wildman–Crippen MR) is 169 cm³/mol. The molecular weight excluding hydrogens is 582 g/mol. The zero-order chi connectivity index (χ0) is 31.7. The SMILES string of the molecule is O=C1CC2(c3ccccc3Oc3cc(O)ccc32)c2cc(CN(C(=O)OCc3ccccc3)C(=O)OCc3ccccc3)ccc21. The molecule has 1 N–H and O–H groups in total. The van der Waals surface area contributed by atoms with Crippen LogP contribution in [0.2, 0.25) is 0 Å². The molecule has 0 fully saturated rings. The number of ketones is 1. The molecule has 0 radical (unpaired) electrons. The first-order valence-electron chi connectivity index (χ1n) is 14.9. The van der Waals surface area contributed by atoms with Crippen molar-refractivity contribution >= 4 is 18.0 Å². The lowest BCUT2D eigenvalue weighted by molar-refractivity contribution is 0.0675. The number of fused-ring (bicyclic) bond motifs is 6. The molecule has 1 atom stereocenters. The maximum Gasteiger partial charge on any atom is 0.419 e. The highest BCUT2D eigenvalue weighted by atomic mass is 16.6. The Hall–Kier alpha value is -5.89. The summed E-state index contributed by atoms with van der Waals surface area (Å²) >= 11 is 0. The van der Waals surface area contributed by atoms with Crippen LogP contribution in [0.5, 0.6) is 17.2 Å². The van der Waals surface area contributed by atoms with Gasteiger partial charge < -0.3 is 19.3 Å². The maximum atomic E-state index is 13.6. The van der Waals surface area contributed by atoms with Crippen LogP contribution in [0.3, 0.4) is 0 Å². The van der Waals surface area contributed by atoms with E-state index in [0.29, 0.717) is 22.6 Å². The number of rotatable bonds is 6. The molecule has 8 nitrogen and oxygen atoms in total. The summed E-state index contributed by atoms with van der Waals surface area (Å²) in [5.41, 5.74) is 4.09. The van der Waals surface area contributed by atoms with Crippen LogP contribution in [-0.2, 0) is 34.6 Å². The number of ether oxygens (including phenoxy) is 3. The smallest absolute Gasteiger partial charge is 0.419 e. The zero-order valence-electron chi connectivity index (χ0n) is 24.7. The largest absolute Gasteiger partial charge is 0.508 e. The van der Waals surface area contributed by atoms with Crippen LogP contribution in [0.1, 0.15) is 50.2 Å². The Kier molecular flexibility index (Phi) is 7.46. The number of nitrogens with zero attached hydrogens (tertiary/aromatic N) is 1. The van der Waals surface area contributed by atoms with Gasteiger partial charge in [0.2, 0.25) is 0 Å². The van der Waals surface area contributed by atoms with Crippen LogP contribution in [-0.4, -0.2) is 28.0 Å². The van der Waals surface area contributed by atoms with Crippen molar-refractivity contribution in [2.45, 2.75) is 31.6 Å². The lowest BCUT2D eigenvalue weighted by Crippen LogP contribution is -2.37. The number of phenols is 1. The van der Waals surface area contributed by atoms with Gasteiger partial charge in [-0.15, -0.1) is 0 Å². The second-order valence-electron chi connectivity index (χ2n) is 11.3. The molecule has 5 aromatic rings. The fourth-order valence-electron chi connectivity index (χ4n) is 6.30. The van der Waals surface area contributed by atoms with Crippen molar-refractivity contribution < 1.29 is 33.7 Å². The van der Waals surface area contributed by atoms with Gasteiger partial charge in [0.05, 0.1) is 12.0 Å². The van der Waals surface area contributed by atoms with E-state index in [4.69, 9.17) is 14.2 Å². The molecule has 5 aromatic carbocycles. The average Bonchev–Trinajstić information content (AvgIpc) is 3.37. The van der Waals surface area contributed by atoms with Crippen molar-refractivity contribution in [2.75, 3.05) is 0 Å². The highest BCUT2D eigenvalue weighted by molar-refractivity contribution is 6.04. The minimum absolute atomic E-state index is 0.0235. The molecule has 46 heavy (non-hydrogen) atoms. The number of amides is 2. The van der Waals surface area contributed by atoms with Gasteiger partial charge in [0.25, 0.3) is 0 Å². The molecule has 1 spiro atoms. The van der Waals surface area contributed by atoms with Gasteiger partial charge in [0.1, 0.15) is 30.5 Å². The van der Waals surface area contributed by atoms with E-state index < -0.39 is 17.6 Å². The summed E-state index contributed by atoms with van der Waals surface area (Å²) in [6.07, 6.45) is -1.55. The van der Waals surface area contributed by atoms with Gasteiger partial charge in [-0.1, -0.05) is 103 Å². The minimum atomic E-state index is -0.896. The summed E-state index contributed by atoms with van der Waals surface area (Å²) in [6.45, 7) is -0.200. The van der Waals surface area contributed by atoms with Crippen LogP contribution < -0.4 is 4.74 Å². The average molecular weight is 612 g/mol. The van der Waals surface area contributed by atoms with Crippen molar-refractivity contribution in [1.82, 2.24) is 4.90 Å². The van der Waals surface area contributed by atoms with E-state index in [2.05, 4.69) is 0 Å². The Morgan fingerprint density at radius 2 is 1.28 bits per heavy atom. The Labute approximate surface area is 265 Å². The van der Waals surface area contributed by atoms with Crippen LogP contribution in [0.25, 0.3) is 0 Å². The number of Topliss-reactive ketones (excluding diaryl/α,β-unsaturated/α-hetero) is 1. The molecule has 1 aliphatic heterocycles. The van der Waals surface area contributed by atoms with E-state index in [1.54, 1.807) is 30.3 Å². The van der Waals surface area contributed by atoms with Gasteiger partial charge >= 0.3 is 12.2 Å². The fourth-order valence-corrected chi connectivity index (χ4v) is 6.30. The third-order valence-corrected chi connectivity index (χ3v) is 8.45. The number of benzene rings is 5. The molecule has 0 saturated carbocycles. The molecule has 1 aliphatic carbocycles. The van der Waals surface area contributed by atoms with Gasteiger partial charge in [0.15, 0.2) is 5.78 Å². The molecule has 0 bridgehead atoms. The minimum Gasteiger partial charge on any atom is -0.508 e. The summed E-state index contributed by atoms with van der Waals surface area (Å²) in [7, 11) is 0. The van der Waals surface area contributed by atoms with E-state index in [1.807, 2.05) is 91.0 Å². The van der Waals surface area contributed by atoms with Gasteiger partial charge in [-0.25, -0.2) is 14.5 Å². The topological polar surface area (TPSA) is 102 Å². The summed E-state index contributed by atoms with van der Waals surface area (Å²) in [4.78, 5) is 41.3. The summed E-state index contributed by atoms with van der Waals surface area (Å²) in [5, 5.41) is 10.3. The van der Waals surface area contributed by atoms with E-state index in [9.17, 15) is 19.5 Å². The molecule has 0 aromatic heterocycles. The number of hydrogen-bond donors (Lipinski definition) is 1. The summed E-state index contributed by atoms with van der Waals surface area (Å²) in [5.74, 6) is 1.05. The Bertz CT molecular complexity index is 1900. The first-order chi connectivity index (χ1) is 22.4. The lowest BCUT2D eigenvalue weighted by Gasteiger charge is -2.38. The van der Waals surface area contributed by atoms with Crippen molar-refractivity contribution in [3.63, 3.8) is 0 Å². The monoisotopic (exact) mass is 611 g/mol. The molecule has 2 amide bonds. The van der Waals surface area contributed by atoms with E-state index in [1.165, 1.54) is 0 Å². The Morgan fingerprint density at radius 1 is 0.674 bits per heavy atom. The maximum absolute atomic E-state index is 13.6. The lowest BCUT2D eigenvalue weighted by atomic mass is 9.68. The van der Waals surface area contributed by atoms with E-state index in [-0.39, 0.29) is 37.7 Å². The molecule has 2 aliphatic rings.